The number of carbonyl (C=O) groups is 1. The van der Waals surface area contributed by atoms with Crippen molar-refractivity contribution in [2.75, 3.05) is 21.3 Å². The van der Waals surface area contributed by atoms with E-state index in [0.717, 1.165) is 27.0 Å². The van der Waals surface area contributed by atoms with Crippen molar-refractivity contribution < 1.29 is 36.0 Å². The van der Waals surface area contributed by atoms with Gasteiger partial charge in [0.1, 0.15) is 0 Å². The summed E-state index contributed by atoms with van der Waals surface area (Å²) >= 11 is 0. The number of esters is 1. The molecule has 0 amide bonds. The number of carbonyl (C=O) groups excluding carboxylic acids is 1. The minimum Gasteiger partial charge on any atom is -0.493 e. The SMILES string of the molecule is COC(=O)c1cc(OC)c(OC)c(OS(=O)(=O)C(C)(C)F)c1. The van der Waals surface area contributed by atoms with E-state index in [2.05, 4.69) is 4.74 Å². The van der Waals surface area contributed by atoms with Crippen molar-refractivity contribution in [3.63, 3.8) is 0 Å². The van der Waals surface area contributed by atoms with Gasteiger partial charge in [-0.15, -0.1) is 0 Å². The van der Waals surface area contributed by atoms with E-state index < -0.39 is 21.1 Å². The number of hydrogen-bond acceptors (Lipinski definition) is 7. The highest BCUT2D eigenvalue weighted by Crippen LogP contribution is 2.40. The Morgan fingerprint density at radius 3 is 2.05 bits per heavy atom. The van der Waals surface area contributed by atoms with Crippen LogP contribution in [0.3, 0.4) is 0 Å². The van der Waals surface area contributed by atoms with Crippen molar-refractivity contribution in [3.8, 4) is 17.2 Å². The summed E-state index contributed by atoms with van der Waals surface area (Å²) in [5.41, 5.74) is -0.0398. The monoisotopic (exact) mass is 336 g/mol. The van der Waals surface area contributed by atoms with Crippen LogP contribution < -0.4 is 13.7 Å². The van der Waals surface area contributed by atoms with Gasteiger partial charge in [-0.1, -0.05) is 0 Å². The molecular weight excluding hydrogens is 319 g/mol. The molecule has 0 saturated carbocycles. The van der Waals surface area contributed by atoms with Gasteiger partial charge in [-0.3, -0.25) is 0 Å². The Kier molecular flexibility index (Phi) is 5.23. The Morgan fingerprint density at radius 1 is 1.09 bits per heavy atom. The van der Waals surface area contributed by atoms with Gasteiger partial charge >= 0.3 is 16.1 Å². The number of methoxy groups -OCH3 is 3. The lowest BCUT2D eigenvalue weighted by atomic mass is 10.2. The molecule has 0 radical (unpaired) electrons. The molecule has 1 rings (SSSR count). The molecule has 0 unspecified atom stereocenters. The molecule has 0 spiro atoms. The van der Waals surface area contributed by atoms with Crippen LogP contribution in [0, 0.1) is 0 Å². The molecule has 0 aliphatic rings. The highest BCUT2D eigenvalue weighted by atomic mass is 32.2. The first kappa shape index (κ1) is 18.0. The highest BCUT2D eigenvalue weighted by molar-refractivity contribution is 7.88. The number of rotatable bonds is 6. The van der Waals surface area contributed by atoms with Gasteiger partial charge in [-0.05, 0) is 19.9 Å². The second-order valence-electron chi connectivity index (χ2n) is 4.60. The summed E-state index contributed by atoms with van der Waals surface area (Å²) in [5, 5.41) is -2.65. The zero-order chi connectivity index (χ0) is 17.1. The Morgan fingerprint density at radius 2 is 1.64 bits per heavy atom. The minimum atomic E-state index is -4.61. The Balaban J connectivity index is 3.48. The van der Waals surface area contributed by atoms with Crippen molar-refractivity contribution in [3.05, 3.63) is 17.7 Å². The van der Waals surface area contributed by atoms with Gasteiger partial charge in [-0.25, -0.2) is 9.18 Å². The summed E-state index contributed by atoms with van der Waals surface area (Å²) < 4.78 is 56.7. The second kappa shape index (κ2) is 6.39. The standard InChI is InChI=1S/C13H17FO7S/c1-13(2,14)22(16,17)21-10-7-8(12(15)20-5)6-9(18-3)11(10)19-4/h6-7H,1-5H3. The normalized spacial score (nSPS) is 11.7. The summed E-state index contributed by atoms with van der Waals surface area (Å²) in [6.07, 6.45) is 0. The van der Waals surface area contributed by atoms with Crippen LogP contribution in [-0.4, -0.2) is 40.7 Å². The average molecular weight is 336 g/mol. The van der Waals surface area contributed by atoms with Gasteiger partial charge in [-0.2, -0.15) is 8.42 Å². The summed E-state index contributed by atoms with van der Waals surface area (Å²) in [6, 6.07) is 2.35. The third-order valence-corrected chi connectivity index (χ3v) is 4.25. The third kappa shape index (κ3) is 3.59. The number of halogens is 1. The molecule has 9 heteroatoms. The average Bonchev–Trinajstić information content (AvgIpc) is 2.43. The molecule has 0 heterocycles. The molecule has 1 aromatic rings. The van der Waals surface area contributed by atoms with Crippen molar-refractivity contribution in [2.45, 2.75) is 18.8 Å². The van der Waals surface area contributed by atoms with E-state index in [0.29, 0.717) is 0 Å². The lowest BCUT2D eigenvalue weighted by molar-refractivity contribution is 0.0600. The highest BCUT2D eigenvalue weighted by Gasteiger charge is 2.37. The predicted molar refractivity (Wildman–Crippen MR) is 75.6 cm³/mol. The Labute approximate surface area is 128 Å². The Hall–Kier alpha value is -2.03. The lowest BCUT2D eigenvalue weighted by Crippen LogP contribution is -2.31. The molecule has 7 nitrogen and oxygen atoms in total. The van der Waals surface area contributed by atoms with Gasteiger partial charge in [0.05, 0.1) is 26.9 Å². The number of ether oxygens (including phenoxy) is 3. The Bertz CT molecular complexity index is 662. The number of alkyl halides is 1. The largest absolute Gasteiger partial charge is 0.493 e. The fraction of sp³-hybridized carbons (Fsp3) is 0.462. The molecule has 0 N–H and O–H groups in total. The van der Waals surface area contributed by atoms with Crippen LogP contribution in [0.2, 0.25) is 0 Å². The van der Waals surface area contributed by atoms with Crippen LogP contribution in [0.25, 0.3) is 0 Å². The van der Waals surface area contributed by atoms with Crippen molar-refractivity contribution in [1.29, 1.82) is 0 Å². The van der Waals surface area contributed by atoms with Crippen LogP contribution in [0.1, 0.15) is 24.2 Å². The van der Waals surface area contributed by atoms with Crippen LogP contribution in [-0.2, 0) is 14.9 Å². The van der Waals surface area contributed by atoms with E-state index in [9.17, 15) is 17.6 Å². The van der Waals surface area contributed by atoms with Gasteiger partial charge in [0, 0.05) is 6.07 Å². The summed E-state index contributed by atoms with van der Waals surface area (Å²) in [4.78, 5) is 11.6. The zero-order valence-electron chi connectivity index (χ0n) is 12.8. The minimum absolute atomic E-state index is 0.0345. The molecule has 22 heavy (non-hydrogen) atoms. The van der Waals surface area contributed by atoms with E-state index in [1.54, 1.807) is 0 Å². The van der Waals surface area contributed by atoms with Crippen LogP contribution in [0.4, 0.5) is 4.39 Å². The smallest absolute Gasteiger partial charge is 0.344 e. The molecule has 0 aliphatic heterocycles. The summed E-state index contributed by atoms with van der Waals surface area (Å²) in [6.45, 7) is 1.66. The van der Waals surface area contributed by atoms with Gasteiger partial charge < -0.3 is 18.4 Å². The van der Waals surface area contributed by atoms with Crippen molar-refractivity contribution in [2.24, 2.45) is 0 Å². The number of benzene rings is 1. The van der Waals surface area contributed by atoms with Gasteiger partial charge in [0.25, 0.3) is 0 Å². The molecule has 0 atom stereocenters. The predicted octanol–water partition coefficient (Wildman–Crippen LogP) is 1.90. The number of hydrogen-bond donors (Lipinski definition) is 0. The molecule has 124 valence electrons. The molecule has 0 aliphatic carbocycles. The first-order chi connectivity index (χ1) is 10.1. The molecule has 0 bridgehead atoms. The lowest BCUT2D eigenvalue weighted by Gasteiger charge is -2.18. The maximum atomic E-state index is 13.7. The van der Waals surface area contributed by atoms with E-state index in [1.807, 2.05) is 0 Å². The van der Waals surface area contributed by atoms with Crippen LogP contribution in [0.15, 0.2) is 12.1 Å². The first-order valence-electron chi connectivity index (χ1n) is 6.04. The van der Waals surface area contributed by atoms with Gasteiger partial charge in [0.2, 0.25) is 10.8 Å². The molecule has 0 fully saturated rings. The van der Waals surface area contributed by atoms with Gasteiger partial charge in [0.15, 0.2) is 11.5 Å². The maximum Gasteiger partial charge on any atom is 0.344 e. The topological polar surface area (TPSA) is 88.1 Å². The first-order valence-corrected chi connectivity index (χ1v) is 7.45. The maximum absolute atomic E-state index is 13.7. The van der Waals surface area contributed by atoms with E-state index in [1.165, 1.54) is 20.3 Å². The molecule has 0 saturated heterocycles. The second-order valence-corrected chi connectivity index (χ2v) is 6.65. The molecule has 1 aromatic carbocycles. The van der Waals surface area contributed by atoms with Crippen LogP contribution in [0.5, 0.6) is 17.2 Å². The fourth-order valence-electron chi connectivity index (χ4n) is 1.44. The van der Waals surface area contributed by atoms with E-state index in [4.69, 9.17) is 13.7 Å². The van der Waals surface area contributed by atoms with Crippen LogP contribution >= 0.6 is 0 Å². The zero-order valence-corrected chi connectivity index (χ0v) is 13.6. The fourth-order valence-corrected chi connectivity index (χ4v) is 2.00. The van der Waals surface area contributed by atoms with Crippen molar-refractivity contribution in [1.82, 2.24) is 0 Å². The third-order valence-electron chi connectivity index (χ3n) is 2.66. The molecular formula is C13H17FO7S. The quantitative estimate of drug-likeness (QED) is 0.579. The summed E-state index contributed by atoms with van der Waals surface area (Å²) in [7, 11) is -0.924. The van der Waals surface area contributed by atoms with Crippen molar-refractivity contribution >= 4 is 16.1 Å². The van der Waals surface area contributed by atoms with E-state index in [-0.39, 0.29) is 22.8 Å². The molecule has 0 aromatic heterocycles. The summed E-state index contributed by atoms with van der Waals surface area (Å²) in [5.74, 6) is -1.19. The van der Waals surface area contributed by atoms with E-state index >= 15 is 0 Å².